The van der Waals surface area contributed by atoms with Crippen LogP contribution < -0.4 is 0 Å². The Kier molecular flexibility index (Phi) is 4.52. The maximum Gasteiger partial charge on any atom is 0.254 e. The molecule has 0 bridgehead atoms. The van der Waals surface area contributed by atoms with Crippen molar-refractivity contribution in [1.82, 2.24) is 4.90 Å². The van der Waals surface area contributed by atoms with Crippen LogP contribution >= 0.6 is 0 Å². The summed E-state index contributed by atoms with van der Waals surface area (Å²) in [5.74, 6) is -0.00928. The first kappa shape index (κ1) is 14.7. The van der Waals surface area contributed by atoms with Gasteiger partial charge in [-0.05, 0) is 38.8 Å². The molecule has 0 heterocycles. The third kappa shape index (κ3) is 3.33. The summed E-state index contributed by atoms with van der Waals surface area (Å²) in [6, 6.07) is 6.28. The molecule has 3 heteroatoms. The Morgan fingerprint density at radius 1 is 1.33 bits per heavy atom. The predicted molar refractivity (Wildman–Crippen MR) is 73.5 cm³/mol. The third-order valence-electron chi connectivity index (χ3n) is 3.28. The van der Waals surface area contributed by atoms with E-state index in [1.54, 1.807) is 25.9 Å². The van der Waals surface area contributed by atoms with Gasteiger partial charge in [-0.1, -0.05) is 23.8 Å². The van der Waals surface area contributed by atoms with Crippen molar-refractivity contribution < 1.29 is 9.53 Å². The molecule has 100 valence electrons. The summed E-state index contributed by atoms with van der Waals surface area (Å²) >= 11 is 0. The van der Waals surface area contributed by atoms with Gasteiger partial charge in [-0.3, -0.25) is 4.79 Å². The van der Waals surface area contributed by atoms with Gasteiger partial charge in [0.05, 0.1) is 0 Å². The normalized spacial score (nSPS) is 11.4. The smallest absolute Gasteiger partial charge is 0.254 e. The number of carbonyl (C=O) groups excluding carboxylic acids is 1. The molecule has 0 aliphatic heterocycles. The summed E-state index contributed by atoms with van der Waals surface area (Å²) in [6.07, 6.45) is 0. The number of benzene rings is 1. The van der Waals surface area contributed by atoms with Gasteiger partial charge in [0.25, 0.3) is 5.91 Å². The van der Waals surface area contributed by atoms with E-state index in [-0.39, 0.29) is 5.91 Å². The van der Waals surface area contributed by atoms with Crippen molar-refractivity contribution >= 4 is 5.91 Å². The summed E-state index contributed by atoms with van der Waals surface area (Å²) < 4.78 is 5.22. The second-order valence-electron chi connectivity index (χ2n) is 5.31. The number of hydrogen-bond donors (Lipinski definition) is 0. The lowest BCUT2D eigenvalue weighted by molar-refractivity contribution is -0.150. The minimum absolute atomic E-state index is 0.00928. The summed E-state index contributed by atoms with van der Waals surface area (Å²) in [4.78, 5) is 13.9. The molecule has 1 aromatic carbocycles. The summed E-state index contributed by atoms with van der Waals surface area (Å²) in [5.41, 5.74) is 2.85. The van der Waals surface area contributed by atoms with Crippen molar-refractivity contribution in [2.45, 2.75) is 39.8 Å². The van der Waals surface area contributed by atoms with Gasteiger partial charge in [0.2, 0.25) is 0 Å². The maximum absolute atomic E-state index is 12.2. The number of likely N-dealkylation sites (N-methyl/N-ethyl adjacent to an activating group) is 1. The van der Waals surface area contributed by atoms with Gasteiger partial charge in [-0.25, -0.2) is 0 Å². The van der Waals surface area contributed by atoms with Crippen LogP contribution in [0.15, 0.2) is 18.2 Å². The molecule has 0 saturated carbocycles. The van der Waals surface area contributed by atoms with Crippen LogP contribution in [-0.2, 0) is 16.1 Å². The lowest BCUT2D eigenvalue weighted by Crippen LogP contribution is -2.44. The van der Waals surface area contributed by atoms with Crippen molar-refractivity contribution in [3.63, 3.8) is 0 Å². The molecule has 0 aliphatic rings. The van der Waals surface area contributed by atoms with Crippen LogP contribution in [0.2, 0.25) is 0 Å². The molecule has 0 aromatic heterocycles. The standard InChI is InChI=1S/C15H23NO2/c1-11-7-8-13(12(2)9-11)10-16(5)14(17)15(3,4)18-6/h7-9H,10H2,1-6H3. The molecule has 1 rings (SSSR count). The highest BCUT2D eigenvalue weighted by Gasteiger charge is 2.30. The molecule has 1 aromatic rings. The molecule has 0 aliphatic carbocycles. The van der Waals surface area contributed by atoms with E-state index in [2.05, 4.69) is 32.0 Å². The minimum Gasteiger partial charge on any atom is -0.369 e. The molecule has 0 radical (unpaired) electrons. The quantitative estimate of drug-likeness (QED) is 0.821. The van der Waals surface area contributed by atoms with Crippen molar-refractivity contribution in [2.24, 2.45) is 0 Å². The van der Waals surface area contributed by atoms with Gasteiger partial charge in [-0.15, -0.1) is 0 Å². The van der Waals surface area contributed by atoms with Crippen molar-refractivity contribution in [3.05, 3.63) is 34.9 Å². The minimum atomic E-state index is -0.770. The Morgan fingerprint density at radius 2 is 1.94 bits per heavy atom. The number of hydrogen-bond acceptors (Lipinski definition) is 2. The van der Waals surface area contributed by atoms with Crippen LogP contribution in [0.3, 0.4) is 0 Å². The van der Waals surface area contributed by atoms with E-state index in [9.17, 15) is 4.79 Å². The van der Waals surface area contributed by atoms with E-state index in [1.165, 1.54) is 16.7 Å². The lowest BCUT2D eigenvalue weighted by Gasteiger charge is -2.28. The highest BCUT2D eigenvalue weighted by molar-refractivity contribution is 5.84. The maximum atomic E-state index is 12.2. The molecule has 0 saturated heterocycles. The average Bonchev–Trinajstić information content (AvgIpc) is 2.31. The highest BCUT2D eigenvalue weighted by Crippen LogP contribution is 2.16. The van der Waals surface area contributed by atoms with Gasteiger partial charge in [0.1, 0.15) is 5.60 Å². The average molecular weight is 249 g/mol. The topological polar surface area (TPSA) is 29.5 Å². The van der Waals surface area contributed by atoms with E-state index in [4.69, 9.17) is 4.74 Å². The van der Waals surface area contributed by atoms with Crippen molar-refractivity contribution in [2.75, 3.05) is 14.2 Å². The Bertz CT molecular complexity index is 438. The Labute approximate surface area is 110 Å². The number of rotatable bonds is 4. The predicted octanol–water partition coefficient (Wildman–Crippen LogP) is 2.69. The van der Waals surface area contributed by atoms with Crippen LogP contribution in [0.5, 0.6) is 0 Å². The van der Waals surface area contributed by atoms with Crippen molar-refractivity contribution in [3.8, 4) is 0 Å². The molecule has 0 unspecified atom stereocenters. The van der Waals surface area contributed by atoms with Gasteiger partial charge >= 0.3 is 0 Å². The van der Waals surface area contributed by atoms with Crippen LogP contribution in [0.4, 0.5) is 0 Å². The summed E-state index contributed by atoms with van der Waals surface area (Å²) in [5, 5.41) is 0. The second kappa shape index (κ2) is 5.53. The molecule has 18 heavy (non-hydrogen) atoms. The molecule has 3 nitrogen and oxygen atoms in total. The fourth-order valence-corrected chi connectivity index (χ4v) is 1.90. The number of aryl methyl sites for hydroxylation is 2. The Balaban J connectivity index is 2.82. The fraction of sp³-hybridized carbons (Fsp3) is 0.533. The first-order valence-corrected chi connectivity index (χ1v) is 6.15. The van der Waals surface area contributed by atoms with Gasteiger partial charge in [0, 0.05) is 20.7 Å². The highest BCUT2D eigenvalue weighted by atomic mass is 16.5. The zero-order chi connectivity index (χ0) is 13.9. The lowest BCUT2D eigenvalue weighted by atomic mass is 10.0. The zero-order valence-electron chi connectivity index (χ0n) is 12.2. The van der Waals surface area contributed by atoms with Crippen LogP contribution in [0.25, 0.3) is 0 Å². The molecule has 1 amide bonds. The Hall–Kier alpha value is -1.35. The van der Waals surface area contributed by atoms with E-state index in [0.717, 1.165) is 0 Å². The van der Waals surface area contributed by atoms with Crippen molar-refractivity contribution in [1.29, 1.82) is 0 Å². The summed E-state index contributed by atoms with van der Waals surface area (Å²) in [7, 11) is 3.37. The third-order valence-corrected chi connectivity index (χ3v) is 3.28. The summed E-state index contributed by atoms with van der Waals surface area (Å²) in [6.45, 7) is 8.32. The number of carbonyl (C=O) groups is 1. The van der Waals surface area contributed by atoms with E-state index >= 15 is 0 Å². The van der Waals surface area contributed by atoms with Crippen LogP contribution in [-0.4, -0.2) is 30.6 Å². The van der Waals surface area contributed by atoms with Gasteiger partial charge < -0.3 is 9.64 Å². The zero-order valence-corrected chi connectivity index (χ0v) is 12.2. The second-order valence-corrected chi connectivity index (χ2v) is 5.31. The van der Waals surface area contributed by atoms with Crippen LogP contribution in [0, 0.1) is 13.8 Å². The monoisotopic (exact) mass is 249 g/mol. The molecule has 0 N–H and O–H groups in total. The molecule has 0 atom stereocenters. The Morgan fingerprint density at radius 3 is 2.44 bits per heavy atom. The number of ether oxygens (including phenoxy) is 1. The number of amides is 1. The van der Waals surface area contributed by atoms with Gasteiger partial charge in [0.15, 0.2) is 0 Å². The fourth-order valence-electron chi connectivity index (χ4n) is 1.90. The number of methoxy groups -OCH3 is 1. The van der Waals surface area contributed by atoms with Crippen LogP contribution in [0.1, 0.15) is 30.5 Å². The molecule has 0 fully saturated rings. The molecular formula is C15H23NO2. The first-order valence-electron chi connectivity index (χ1n) is 6.15. The number of nitrogens with zero attached hydrogens (tertiary/aromatic N) is 1. The van der Waals surface area contributed by atoms with E-state index < -0.39 is 5.60 Å². The van der Waals surface area contributed by atoms with E-state index in [0.29, 0.717) is 6.54 Å². The molecule has 0 spiro atoms. The molecular weight excluding hydrogens is 226 g/mol. The van der Waals surface area contributed by atoms with E-state index in [1.807, 2.05) is 7.05 Å². The van der Waals surface area contributed by atoms with Gasteiger partial charge in [-0.2, -0.15) is 0 Å². The largest absolute Gasteiger partial charge is 0.369 e. The first-order chi connectivity index (χ1) is 8.27. The SMILES string of the molecule is COC(C)(C)C(=O)N(C)Cc1ccc(C)cc1C.